The summed E-state index contributed by atoms with van der Waals surface area (Å²) >= 11 is 0. The van der Waals surface area contributed by atoms with Crippen molar-refractivity contribution in [3.8, 4) is 0 Å². The summed E-state index contributed by atoms with van der Waals surface area (Å²) in [5, 5.41) is 11.8. The van der Waals surface area contributed by atoms with Gasteiger partial charge in [-0.3, -0.25) is 4.90 Å². The third-order valence-electron chi connectivity index (χ3n) is 4.64. The standard InChI is InChI=1S/C18H30N4O2/c1-3-21-8-10-22(11-9-21)15-17-7-5-4-6-16(17)14-19-18(24)20(2)12-13-23/h4-7,23H,3,8-15H2,1-2H3,(H,19,24). The highest BCUT2D eigenvalue weighted by atomic mass is 16.3. The van der Waals surface area contributed by atoms with Crippen molar-refractivity contribution in [3.05, 3.63) is 35.4 Å². The maximum atomic E-state index is 12.0. The van der Waals surface area contributed by atoms with Gasteiger partial charge in [-0.15, -0.1) is 0 Å². The van der Waals surface area contributed by atoms with E-state index in [1.54, 1.807) is 7.05 Å². The van der Waals surface area contributed by atoms with Crippen molar-refractivity contribution in [3.63, 3.8) is 0 Å². The molecule has 1 fully saturated rings. The average molecular weight is 334 g/mol. The first-order chi connectivity index (χ1) is 11.6. The van der Waals surface area contributed by atoms with Crippen LogP contribution in [0.15, 0.2) is 24.3 Å². The topological polar surface area (TPSA) is 59.0 Å². The molecule has 0 bridgehead atoms. The Kier molecular flexibility index (Phi) is 7.49. The molecule has 134 valence electrons. The van der Waals surface area contributed by atoms with Gasteiger partial charge < -0.3 is 20.2 Å². The van der Waals surface area contributed by atoms with Gasteiger partial charge in [0.25, 0.3) is 0 Å². The molecule has 6 heteroatoms. The molecule has 0 unspecified atom stereocenters. The summed E-state index contributed by atoms with van der Waals surface area (Å²) in [5.74, 6) is 0. The van der Waals surface area contributed by atoms with Crippen LogP contribution in [0.3, 0.4) is 0 Å². The molecular weight excluding hydrogens is 304 g/mol. The minimum absolute atomic E-state index is 0.0236. The Morgan fingerprint density at radius 3 is 2.42 bits per heavy atom. The fourth-order valence-electron chi connectivity index (χ4n) is 2.95. The fourth-order valence-corrected chi connectivity index (χ4v) is 2.95. The largest absolute Gasteiger partial charge is 0.395 e. The van der Waals surface area contributed by atoms with Gasteiger partial charge in [-0.1, -0.05) is 31.2 Å². The highest BCUT2D eigenvalue weighted by Gasteiger charge is 2.17. The summed E-state index contributed by atoms with van der Waals surface area (Å²) in [7, 11) is 1.69. The van der Waals surface area contributed by atoms with Crippen molar-refractivity contribution >= 4 is 6.03 Å². The average Bonchev–Trinajstić information content (AvgIpc) is 2.61. The second kappa shape index (κ2) is 9.61. The Balaban J connectivity index is 1.89. The molecular formula is C18H30N4O2. The molecule has 0 aromatic heterocycles. The van der Waals surface area contributed by atoms with Gasteiger partial charge in [0.05, 0.1) is 6.61 Å². The van der Waals surface area contributed by atoms with E-state index in [1.165, 1.54) is 10.5 Å². The maximum Gasteiger partial charge on any atom is 0.317 e. The highest BCUT2D eigenvalue weighted by molar-refractivity contribution is 5.73. The number of carbonyl (C=O) groups excluding carboxylic acids is 1. The second-order valence-electron chi connectivity index (χ2n) is 6.28. The highest BCUT2D eigenvalue weighted by Crippen LogP contribution is 2.13. The number of carbonyl (C=O) groups is 1. The summed E-state index contributed by atoms with van der Waals surface area (Å²) in [6.07, 6.45) is 0. The third-order valence-corrected chi connectivity index (χ3v) is 4.64. The third kappa shape index (κ3) is 5.47. The van der Waals surface area contributed by atoms with Crippen molar-refractivity contribution in [1.29, 1.82) is 0 Å². The van der Waals surface area contributed by atoms with E-state index in [1.807, 2.05) is 6.07 Å². The van der Waals surface area contributed by atoms with Crippen LogP contribution in [-0.2, 0) is 13.1 Å². The molecule has 24 heavy (non-hydrogen) atoms. The first-order valence-electron chi connectivity index (χ1n) is 8.75. The van der Waals surface area contributed by atoms with Crippen LogP contribution < -0.4 is 5.32 Å². The van der Waals surface area contributed by atoms with Gasteiger partial charge in [-0.2, -0.15) is 0 Å². The van der Waals surface area contributed by atoms with Crippen LogP contribution >= 0.6 is 0 Å². The van der Waals surface area contributed by atoms with Gasteiger partial charge >= 0.3 is 6.03 Å². The minimum Gasteiger partial charge on any atom is -0.395 e. The molecule has 0 atom stereocenters. The minimum atomic E-state index is -0.157. The van der Waals surface area contributed by atoms with Crippen molar-refractivity contribution in [2.24, 2.45) is 0 Å². The van der Waals surface area contributed by atoms with Crippen LogP contribution in [-0.4, -0.2) is 78.8 Å². The van der Waals surface area contributed by atoms with Crippen LogP contribution in [0.5, 0.6) is 0 Å². The summed E-state index contributed by atoms with van der Waals surface area (Å²) in [6.45, 7) is 9.53. The molecule has 0 aliphatic carbocycles. The molecule has 0 saturated carbocycles. The molecule has 1 aliphatic rings. The zero-order chi connectivity index (χ0) is 17.4. The van der Waals surface area contributed by atoms with Crippen molar-refractivity contribution < 1.29 is 9.90 Å². The molecule has 0 spiro atoms. The Labute approximate surface area is 145 Å². The van der Waals surface area contributed by atoms with E-state index in [2.05, 4.69) is 40.2 Å². The van der Waals surface area contributed by atoms with Crippen molar-refractivity contribution in [1.82, 2.24) is 20.0 Å². The predicted octanol–water partition coefficient (Wildman–Crippen LogP) is 0.958. The fraction of sp³-hybridized carbons (Fsp3) is 0.611. The zero-order valence-electron chi connectivity index (χ0n) is 14.9. The first-order valence-corrected chi connectivity index (χ1v) is 8.75. The number of hydrogen-bond acceptors (Lipinski definition) is 4. The Morgan fingerprint density at radius 1 is 1.17 bits per heavy atom. The lowest BCUT2D eigenvalue weighted by atomic mass is 10.1. The summed E-state index contributed by atoms with van der Waals surface area (Å²) in [4.78, 5) is 18.4. The number of benzene rings is 1. The van der Waals surface area contributed by atoms with Crippen LogP contribution in [0.2, 0.25) is 0 Å². The monoisotopic (exact) mass is 334 g/mol. The van der Waals surface area contributed by atoms with E-state index in [0.29, 0.717) is 13.1 Å². The predicted molar refractivity (Wildman–Crippen MR) is 95.8 cm³/mol. The van der Waals surface area contributed by atoms with Crippen LogP contribution in [0.4, 0.5) is 4.79 Å². The molecule has 1 aromatic carbocycles. The Morgan fingerprint density at radius 2 is 1.79 bits per heavy atom. The van der Waals surface area contributed by atoms with E-state index >= 15 is 0 Å². The Hall–Kier alpha value is -1.63. The number of nitrogens with zero attached hydrogens (tertiary/aromatic N) is 3. The molecule has 2 N–H and O–H groups in total. The lowest BCUT2D eigenvalue weighted by Gasteiger charge is -2.34. The van der Waals surface area contributed by atoms with Gasteiger partial charge in [0.1, 0.15) is 0 Å². The van der Waals surface area contributed by atoms with E-state index in [9.17, 15) is 4.79 Å². The number of aliphatic hydroxyl groups excluding tert-OH is 1. The summed E-state index contributed by atoms with van der Waals surface area (Å²) in [5.41, 5.74) is 2.42. The molecule has 1 aliphatic heterocycles. The quantitative estimate of drug-likeness (QED) is 0.780. The van der Waals surface area contributed by atoms with Gasteiger partial charge in [0.15, 0.2) is 0 Å². The molecule has 6 nitrogen and oxygen atoms in total. The zero-order valence-corrected chi connectivity index (χ0v) is 14.9. The number of amides is 2. The number of urea groups is 1. The second-order valence-corrected chi connectivity index (χ2v) is 6.28. The van der Waals surface area contributed by atoms with E-state index < -0.39 is 0 Å². The number of nitrogens with one attached hydrogen (secondary N) is 1. The normalized spacial score (nSPS) is 16.1. The lowest BCUT2D eigenvalue weighted by molar-refractivity contribution is 0.131. The number of likely N-dealkylation sites (N-methyl/N-ethyl adjacent to an activating group) is 2. The summed E-state index contributed by atoms with van der Waals surface area (Å²) < 4.78 is 0. The van der Waals surface area contributed by atoms with E-state index in [0.717, 1.165) is 44.8 Å². The molecule has 0 radical (unpaired) electrons. The van der Waals surface area contributed by atoms with Crippen LogP contribution in [0.1, 0.15) is 18.1 Å². The molecule has 2 rings (SSSR count). The molecule has 1 heterocycles. The number of rotatable bonds is 7. The van der Waals surface area contributed by atoms with Crippen LogP contribution in [0.25, 0.3) is 0 Å². The summed E-state index contributed by atoms with van der Waals surface area (Å²) in [6, 6.07) is 8.13. The molecule has 1 aromatic rings. The first kappa shape index (κ1) is 18.7. The molecule has 1 saturated heterocycles. The van der Waals surface area contributed by atoms with E-state index in [4.69, 9.17) is 5.11 Å². The number of piperazine rings is 1. The van der Waals surface area contributed by atoms with Gasteiger partial charge in [-0.05, 0) is 17.7 Å². The smallest absolute Gasteiger partial charge is 0.317 e. The SMILES string of the molecule is CCN1CCN(Cc2ccccc2CNC(=O)N(C)CCO)CC1. The Bertz CT molecular complexity index is 515. The number of aliphatic hydroxyl groups is 1. The van der Waals surface area contributed by atoms with Gasteiger partial charge in [-0.25, -0.2) is 4.79 Å². The van der Waals surface area contributed by atoms with Crippen molar-refractivity contribution in [2.45, 2.75) is 20.0 Å². The van der Waals surface area contributed by atoms with Crippen molar-refractivity contribution in [2.75, 3.05) is 52.9 Å². The molecule has 2 amide bonds. The van der Waals surface area contributed by atoms with E-state index in [-0.39, 0.29) is 12.6 Å². The lowest BCUT2D eigenvalue weighted by Crippen LogP contribution is -2.45. The number of hydrogen-bond donors (Lipinski definition) is 2. The van der Waals surface area contributed by atoms with Gasteiger partial charge in [0.2, 0.25) is 0 Å². The van der Waals surface area contributed by atoms with Crippen LogP contribution in [0, 0.1) is 0 Å². The van der Waals surface area contributed by atoms with Gasteiger partial charge in [0, 0.05) is 52.9 Å². The maximum absolute atomic E-state index is 12.0.